The summed E-state index contributed by atoms with van der Waals surface area (Å²) >= 11 is 0. The molecule has 0 bridgehead atoms. The lowest BCUT2D eigenvalue weighted by molar-refractivity contribution is -0.137. The Hall–Kier alpha value is -2.30. The number of amides is 1. The lowest BCUT2D eigenvalue weighted by Gasteiger charge is -2.25. The molecule has 5 heteroatoms. The minimum atomic E-state index is -0.521. The number of rotatable bonds is 5. The molecule has 0 atom stereocenters. The number of benzene rings is 1. The van der Waals surface area contributed by atoms with E-state index in [1.165, 1.54) is 13.5 Å². The van der Waals surface area contributed by atoms with E-state index in [0.29, 0.717) is 0 Å². The minimum Gasteiger partial charge on any atom is -0.464 e. The van der Waals surface area contributed by atoms with E-state index >= 15 is 0 Å². The average molecular weight is 302 g/mol. The van der Waals surface area contributed by atoms with Crippen LogP contribution in [0.4, 0.5) is 0 Å². The van der Waals surface area contributed by atoms with Crippen molar-refractivity contribution < 1.29 is 14.3 Å². The number of likely N-dealkylation sites (tertiary alicyclic amines) is 1. The maximum atomic E-state index is 12.1. The lowest BCUT2D eigenvalue weighted by atomic mass is 10.1. The predicted molar refractivity (Wildman–Crippen MR) is 83.8 cm³/mol. The fraction of sp³-hybridized carbons (Fsp3) is 0.412. The first-order valence-corrected chi connectivity index (χ1v) is 7.57. The molecule has 0 spiro atoms. The van der Waals surface area contributed by atoms with Crippen LogP contribution in [-0.4, -0.2) is 37.0 Å². The van der Waals surface area contributed by atoms with E-state index in [1.807, 2.05) is 30.3 Å². The zero-order chi connectivity index (χ0) is 15.8. The van der Waals surface area contributed by atoms with E-state index in [-0.39, 0.29) is 18.0 Å². The standard InChI is InChI=1S/C17H22N2O3/c1-22-17(21)15(13-19-10-6-3-7-11-19)18-16(20)12-14-8-4-2-5-9-14/h2,4-5,8-9,13H,3,6-7,10-12H2,1H3,(H,18,20). The van der Waals surface area contributed by atoms with Gasteiger partial charge in [0, 0.05) is 19.3 Å². The summed E-state index contributed by atoms with van der Waals surface area (Å²) in [6.07, 6.45) is 5.34. The molecule has 1 aliphatic rings. The molecular formula is C17H22N2O3. The molecule has 1 aromatic carbocycles. The van der Waals surface area contributed by atoms with Gasteiger partial charge in [0.05, 0.1) is 13.5 Å². The van der Waals surface area contributed by atoms with Crippen LogP contribution in [0.25, 0.3) is 0 Å². The Labute approximate surface area is 130 Å². The van der Waals surface area contributed by atoms with Gasteiger partial charge in [-0.3, -0.25) is 4.79 Å². The van der Waals surface area contributed by atoms with Crippen molar-refractivity contribution in [2.45, 2.75) is 25.7 Å². The molecule has 0 aromatic heterocycles. The molecule has 1 heterocycles. The Kier molecular flexibility index (Phi) is 6.01. The number of nitrogens with one attached hydrogen (secondary N) is 1. The van der Waals surface area contributed by atoms with Gasteiger partial charge in [0.15, 0.2) is 0 Å². The first kappa shape index (κ1) is 16.1. The molecule has 0 saturated carbocycles. The molecule has 1 amide bonds. The van der Waals surface area contributed by atoms with Crippen molar-refractivity contribution in [3.8, 4) is 0 Å². The van der Waals surface area contributed by atoms with E-state index in [1.54, 1.807) is 6.20 Å². The van der Waals surface area contributed by atoms with Crippen LogP contribution in [0.1, 0.15) is 24.8 Å². The van der Waals surface area contributed by atoms with E-state index < -0.39 is 5.97 Å². The molecule has 0 aliphatic carbocycles. The number of ether oxygens (including phenoxy) is 1. The van der Waals surface area contributed by atoms with Gasteiger partial charge in [-0.1, -0.05) is 30.3 Å². The molecule has 1 saturated heterocycles. The van der Waals surface area contributed by atoms with Gasteiger partial charge in [0.1, 0.15) is 5.70 Å². The fourth-order valence-electron chi connectivity index (χ4n) is 2.45. The van der Waals surface area contributed by atoms with Crippen LogP contribution < -0.4 is 5.32 Å². The number of hydrogen-bond donors (Lipinski definition) is 1. The van der Waals surface area contributed by atoms with Crippen LogP contribution in [0.3, 0.4) is 0 Å². The van der Waals surface area contributed by atoms with Crippen molar-refractivity contribution in [3.63, 3.8) is 0 Å². The maximum absolute atomic E-state index is 12.1. The molecule has 1 N–H and O–H groups in total. The fourth-order valence-corrected chi connectivity index (χ4v) is 2.45. The summed E-state index contributed by atoms with van der Waals surface area (Å²) < 4.78 is 4.76. The highest BCUT2D eigenvalue weighted by molar-refractivity contribution is 5.94. The number of carbonyl (C=O) groups is 2. The average Bonchev–Trinajstić information content (AvgIpc) is 2.55. The summed E-state index contributed by atoms with van der Waals surface area (Å²) in [6, 6.07) is 9.43. The van der Waals surface area contributed by atoms with Gasteiger partial charge >= 0.3 is 5.97 Å². The third-order valence-corrected chi connectivity index (χ3v) is 3.59. The predicted octanol–water partition coefficient (Wildman–Crippen LogP) is 1.85. The summed E-state index contributed by atoms with van der Waals surface area (Å²) in [5.41, 5.74) is 1.10. The summed E-state index contributed by atoms with van der Waals surface area (Å²) in [5.74, 6) is -0.744. The number of methoxy groups -OCH3 is 1. The SMILES string of the molecule is COC(=O)C(=CN1CCCCC1)NC(=O)Cc1ccccc1. The van der Waals surface area contributed by atoms with Crippen LogP contribution in [0.5, 0.6) is 0 Å². The largest absolute Gasteiger partial charge is 0.464 e. The summed E-state index contributed by atoms with van der Waals surface area (Å²) in [7, 11) is 1.32. The zero-order valence-corrected chi connectivity index (χ0v) is 12.9. The van der Waals surface area contributed by atoms with Gasteiger partial charge in [0.2, 0.25) is 5.91 Å². The Morgan fingerprint density at radius 1 is 1.18 bits per heavy atom. The first-order valence-electron chi connectivity index (χ1n) is 7.57. The second-order valence-corrected chi connectivity index (χ2v) is 5.34. The number of carbonyl (C=O) groups excluding carboxylic acids is 2. The Balaban J connectivity index is 2.01. The van der Waals surface area contributed by atoms with Crippen molar-refractivity contribution in [2.75, 3.05) is 20.2 Å². The molecule has 22 heavy (non-hydrogen) atoms. The van der Waals surface area contributed by atoms with Crippen molar-refractivity contribution in [2.24, 2.45) is 0 Å². The Morgan fingerprint density at radius 3 is 2.50 bits per heavy atom. The van der Waals surface area contributed by atoms with Crippen LogP contribution >= 0.6 is 0 Å². The van der Waals surface area contributed by atoms with Gasteiger partial charge < -0.3 is 15.0 Å². The van der Waals surface area contributed by atoms with E-state index in [4.69, 9.17) is 4.74 Å². The van der Waals surface area contributed by atoms with Crippen LogP contribution in [0, 0.1) is 0 Å². The highest BCUT2D eigenvalue weighted by atomic mass is 16.5. The minimum absolute atomic E-state index is 0.199. The van der Waals surface area contributed by atoms with Crippen molar-refractivity contribution in [1.29, 1.82) is 0 Å². The lowest BCUT2D eigenvalue weighted by Crippen LogP contribution is -2.33. The smallest absolute Gasteiger partial charge is 0.356 e. The highest BCUT2D eigenvalue weighted by Gasteiger charge is 2.16. The molecule has 0 unspecified atom stereocenters. The topological polar surface area (TPSA) is 58.6 Å². The van der Waals surface area contributed by atoms with E-state index in [2.05, 4.69) is 10.2 Å². The van der Waals surface area contributed by atoms with Crippen LogP contribution in [0.15, 0.2) is 42.2 Å². The number of hydrogen-bond acceptors (Lipinski definition) is 4. The van der Waals surface area contributed by atoms with Gasteiger partial charge in [-0.2, -0.15) is 0 Å². The van der Waals surface area contributed by atoms with Crippen molar-refractivity contribution in [1.82, 2.24) is 10.2 Å². The second-order valence-electron chi connectivity index (χ2n) is 5.34. The summed E-state index contributed by atoms with van der Waals surface area (Å²) in [6.45, 7) is 1.80. The van der Waals surface area contributed by atoms with E-state index in [0.717, 1.165) is 31.5 Å². The van der Waals surface area contributed by atoms with Crippen LogP contribution in [0.2, 0.25) is 0 Å². The Morgan fingerprint density at radius 2 is 1.86 bits per heavy atom. The molecule has 1 aromatic rings. The second kappa shape index (κ2) is 8.22. The van der Waals surface area contributed by atoms with Gasteiger partial charge in [0.25, 0.3) is 0 Å². The third-order valence-electron chi connectivity index (χ3n) is 3.59. The molecule has 1 fully saturated rings. The molecule has 5 nitrogen and oxygen atoms in total. The number of nitrogens with zero attached hydrogens (tertiary/aromatic N) is 1. The quantitative estimate of drug-likeness (QED) is 0.666. The van der Waals surface area contributed by atoms with Gasteiger partial charge in [-0.05, 0) is 24.8 Å². The molecule has 0 radical (unpaired) electrons. The van der Waals surface area contributed by atoms with Gasteiger partial charge in [-0.15, -0.1) is 0 Å². The number of esters is 1. The number of piperidine rings is 1. The molecular weight excluding hydrogens is 280 g/mol. The first-order chi connectivity index (χ1) is 10.7. The third kappa shape index (κ3) is 4.91. The summed E-state index contributed by atoms with van der Waals surface area (Å²) in [4.78, 5) is 26.0. The zero-order valence-electron chi connectivity index (χ0n) is 12.9. The van der Waals surface area contributed by atoms with Crippen molar-refractivity contribution in [3.05, 3.63) is 47.8 Å². The summed E-state index contributed by atoms with van der Waals surface area (Å²) in [5, 5.41) is 2.67. The van der Waals surface area contributed by atoms with E-state index in [9.17, 15) is 9.59 Å². The normalized spacial score (nSPS) is 15.3. The Bertz CT molecular complexity index is 534. The van der Waals surface area contributed by atoms with Gasteiger partial charge in [-0.25, -0.2) is 4.79 Å². The molecule has 118 valence electrons. The maximum Gasteiger partial charge on any atom is 0.356 e. The molecule has 2 rings (SSSR count). The molecule has 1 aliphatic heterocycles. The van der Waals surface area contributed by atoms with Crippen molar-refractivity contribution >= 4 is 11.9 Å². The highest BCUT2D eigenvalue weighted by Crippen LogP contribution is 2.10. The van der Waals surface area contributed by atoms with Crippen LogP contribution in [-0.2, 0) is 20.7 Å². The monoisotopic (exact) mass is 302 g/mol.